The van der Waals surface area contributed by atoms with Crippen molar-refractivity contribution in [1.82, 2.24) is 9.55 Å². The van der Waals surface area contributed by atoms with E-state index in [0.29, 0.717) is 4.57 Å². The number of hydrogen-bond acceptors (Lipinski definition) is 5. The second kappa shape index (κ2) is 4.22. The zero-order valence-electron chi connectivity index (χ0n) is 8.54. The Hall–Kier alpha value is -2.41. The Morgan fingerprint density at radius 3 is 2.82 bits per heavy atom. The van der Waals surface area contributed by atoms with Gasteiger partial charge in [-0.3, -0.25) is 9.59 Å². The monoisotopic (exact) mass is 236 g/mol. The lowest BCUT2D eigenvalue weighted by Crippen LogP contribution is -2.41. The van der Waals surface area contributed by atoms with Gasteiger partial charge in [-0.15, -0.1) is 0 Å². The van der Waals surface area contributed by atoms with E-state index in [1.807, 2.05) is 0 Å². The van der Waals surface area contributed by atoms with Gasteiger partial charge in [0.05, 0.1) is 11.8 Å². The van der Waals surface area contributed by atoms with Gasteiger partial charge >= 0.3 is 5.69 Å². The number of carbonyl (C=O) groups excluding carboxylic acids is 1. The van der Waals surface area contributed by atoms with Gasteiger partial charge in [0.15, 0.2) is 0 Å². The summed E-state index contributed by atoms with van der Waals surface area (Å²) in [4.78, 5) is 36.6. The van der Waals surface area contributed by atoms with Crippen LogP contribution in [-0.2, 0) is 0 Å². The van der Waals surface area contributed by atoms with Gasteiger partial charge in [0.2, 0.25) is 0 Å². The minimum atomic E-state index is -0.996. The lowest BCUT2D eigenvalue weighted by Gasteiger charge is -2.02. The van der Waals surface area contributed by atoms with E-state index >= 15 is 0 Å². The Morgan fingerprint density at radius 1 is 1.47 bits per heavy atom. The normalized spacial score (nSPS) is 10.4. The molecule has 17 heavy (non-hydrogen) atoms. The van der Waals surface area contributed by atoms with E-state index in [4.69, 9.17) is 9.52 Å². The van der Waals surface area contributed by atoms with Crippen molar-refractivity contribution < 1.29 is 14.3 Å². The van der Waals surface area contributed by atoms with Gasteiger partial charge in [-0.2, -0.15) is 4.57 Å². The van der Waals surface area contributed by atoms with Crippen LogP contribution in [0.5, 0.6) is 0 Å². The van der Waals surface area contributed by atoms with Crippen molar-refractivity contribution in [2.75, 3.05) is 6.61 Å². The van der Waals surface area contributed by atoms with Crippen LogP contribution in [0.2, 0.25) is 0 Å². The average molecular weight is 236 g/mol. The van der Waals surface area contributed by atoms with Crippen LogP contribution in [-0.4, -0.2) is 27.2 Å². The van der Waals surface area contributed by atoms with E-state index in [1.54, 1.807) is 6.07 Å². The number of aliphatic hydroxyl groups excluding tert-OH is 1. The number of furan rings is 1. The van der Waals surface area contributed by atoms with Crippen molar-refractivity contribution in [2.24, 2.45) is 0 Å². The van der Waals surface area contributed by atoms with Crippen molar-refractivity contribution in [3.63, 3.8) is 0 Å². The molecule has 2 N–H and O–H groups in total. The van der Waals surface area contributed by atoms with Gasteiger partial charge < -0.3 is 14.5 Å². The third-order valence-corrected chi connectivity index (χ3v) is 2.15. The standard InChI is InChI=1S/C10H8N2O5/c13-5-8(14)12-9(15)6(4-11-10(12)16)7-2-1-3-17-7/h1-4,13H,5H2,(H,11,16). The molecule has 7 nitrogen and oxygen atoms in total. The Labute approximate surface area is 93.9 Å². The molecule has 0 saturated heterocycles. The molecule has 2 rings (SSSR count). The van der Waals surface area contributed by atoms with Crippen LogP contribution in [0.3, 0.4) is 0 Å². The molecule has 0 unspecified atom stereocenters. The Bertz CT molecular complexity index is 650. The molecule has 2 aromatic rings. The molecule has 0 spiro atoms. The van der Waals surface area contributed by atoms with Crippen LogP contribution in [0.4, 0.5) is 0 Å². The third kappa shape index (κ3) is 1.83. The second-order valence-corrected chi connectivity index (χ2v) is 3.18. The Balaban J connectivity index is 2.71. The number of nitrogens with one attached hydrogen (secondary N) is 1. The molecular weight excluding hydrogens is 228 g/mol. The molecule has 0 aliphatic rings. The smallest absolute Gasteiger partial charge is 0.335 e. The predicted octanol–water partition coefficient (Wildman–Crippen LogP) is -0.571. The third-order valence-electron chi connectivity index (χ3n) is 2.15. The summed E-state index contributed by atoms with van der Waals surface area (Å²) in [5.41, 5.74) is -1.69. The van der Waals surface area contributed by atoms with E-state index in [1.165, 1.54) is 12.3 Å². The lowest BCUT2D eigenvalue weighted by atomic mass is 10.2. The lowest BCUT2D eigenvalue weighted by molar-refractivity contribution is 0.0808. The summed E-state index contributed by atoms with van der Waals surface area (Å²) in [5, 5.41) is 8.67. The molecule has 0 aliphatic carbocycles. The number of carbonyl (C=O) groups is 1. The molecule has 0 saturated carbocycles. The SMILES string of the molecule is O=C(CO)n1c(=O)[nH]cc(-c2ccco2)c1=O. The molecule has 0 radical (unpaired) electrons. The summed E-state index contributed by atoms with van der Waals surface area (Å²) >= 11 is 0. The van der Waals surface area contributed by atoms with Crippen LogP contribution in [0, 0.1) is 0 Å². The highest BCUT2D eigenvalue weighted by Crippen LogP contribution is 2.13. The van der Waals surface area contributed by atoms with E-state index in [-0.39, 0.29) is 11.3 Å². The fourth-order valence-electron chi connectivity index (χ4n) is 1.38. The first kappa shape index (κ1) is 11.1. The average Bonchev–Trinajstić information content (AvgIpc) is 2.82. The summed E-state index contributed by atoms with van der Waals surface area (Å²) < 4.78 is 5.33. The van der Waals surface area contributed by atoms with Gasteiger partial charge in [0.1, 0.15) is 12.4 Å². The number of aromatic amines is 1. The highest BCUT2D eigenvalue weighted by Gasteiger charge is 2.15. The summed E-state index contributed by atoms with van der Waals surface area (Å²) in [6.45, 7) is -0.926. The number of rotatable bonds is 2. The highest BCUT2D eigenvalue weighted by atomic mass is 16.3. The second-order valence-electron chi connectivity index (χ2n) is 3.18. The molecule has 2 aromatic heterocycles. The summed E-state index contributed by atoms with van der Waals surface area (Å²) in [6.07, 6.45) is 2.52. The molecule has 2 heterocycles. The number of H-pyrrole nitrogens is 1. The van der Waals surface area contributed by atoms with Gasteiger partial charge in [-0.1, -0.05) is 0 Å². The van der Waals surface area contributed by atoms with Crippen molar-refractivity contribution in [3.8, 4) is 11.3 Å². The van der Waals surface area contributed by atoms with Crippen molar-refractivity contribution in [1.29, 1.82) is 0 Å². The van der Waals surface area contributed by atoms with Gasteiger partial charge in [0, 0.05) is 6.20 Å². The molecular formula is C10H8N2O5. The molecule has 0 fully saturated rings. The van der Waals surface area contributed by atoms with Crippen LogP contribution in [0.25, 0.3) is 11.3 Å². The van der Waals surface area contributed by atoms with Gasteiger partial charge in [-0.05, 0) is 12.1 Å². The molecule has 0 amide bonds. The maximum atomic E-state index is 11.8. The maximum absolute atomic E-state index is 11.8. The fourth-order valence-corrected chi connectivity index (χ4v) is 1.38. The summed E-state index contributed by atoms with van der Waals surface area (Å²) in [6, 6.07) is 3.08. The van der Waals surface area contributed by atoms with E-state index in [2.05, 4.69) is 4.98 Å². The number of aliphatic hydroxyl groups is 1. The largest absolute Gasteiger partial charge is 0.464 e. The quantitative estimate of drug-likeness (QED) is 0.726. The summed E-state index contributed by atoms with van der Waals surface area (Å²) in [5.74, 6) is -0.768. The number of aromatic nitrogens is 2. The summed E-state index contributed by atoms with van der Waals surface area (Å²) in [7, 11) is 0. The predicted molar refractivity (Wildman–Crippen MR) is 56.7 cm³/mol. The maximum Gasteiger partial charge on any atom is 0.335 e. The zero-order valence-corrected chi connectivity index (χ0v) is 8.54. The van der Waals surface area contributed by atoms with Crippen LogP contribution in [0.15, 0.2) is 38.6 Å². The minimum absolute atomic E-state index is 0.0383. The van der Waals surface area contributed by atoms with Gasteiger partial charge in [-0.25, -0.2) is 4.79 Å². The molecule has 7 heteroatoms. The topological polar surface area (TPSA) is 105 Å². The van der Waals surface area contributed by atoms with Crippen LogP contribution in [0.1, 0.15) is 4.79 Å². The first-order valence-electron chi connectivity index (χ1n) is 4.68. The van der Waals surface area contributed by atoms with E-state index in [9.17, 15) is 14.4 Å². The highest BCUT2D eigenvalue weighted by molar-refractivity contribution is 5.80. The van der Waals surface area contributed by atoms with Crippen LogP contribution < -0.4 is 11.2 Å². The van der Waals surface area contributed by atoms with Crippen molar-refractivity contribution in [2.45, 2.75) is 0 Å². The molecule has 0 atom stereocenters. The van der Waals surface area contributed by atoms with E-state index < -0.39 is 23.8 Å². The fraction of sp³-hybridized carbons (Fsp3) is 0.100. The molecule has 0 aromatic carbocycles. The first-order chi connectivity index (χ1) is 8.15. The number of hydrogen-bond donors (Lipinski definition) is 2. The molecule has 0 aliphatic heterocycles. The van der Waals surface area contributed by atoms with E-state index in [0.717, 1.165) is 6.20 Å². The van der Waals surface area contributed by atoms with Gasteiger partial charge in [0.25, 0.3) is 11.5 Å². The Kier molecular flexibility index (Phi) is 2.75. The molecule has 88 valence electrons. The Morgan fingerprint density at radius 2 is 2.24 bits per heavy atom. The zero-order chi connectivity index (χ0) is 12.4. The van der Waals surface area contributed by atoms with Crippen LogP contribution >= 0.6 is 0 Å². The van der Waals surface area contributed by atoms with Crippen molar-refractivity contribution >= 4 is 5.91 Å². The minimum Gasteiger partial charge on any atom is -0.464 e. The first-order valence-corrected chi connectivity index (χ1v) is 4.68. The number of nitrogens with zero attached hydrogens (tertiary/aromatic N) is 1. The van der Waals surface area contributed by atoms with Crippen molar-refractivity contribution in [3.05, 3.63) is 45.4 Å². The molecule has 0 bridgehead atoms.